The third kappa shape index (κ3) is 3.13. The molecule has 1 N–H and O–H groups in total. The van der Waals surface area contributed by atoms with E-state index in [4.69, 9.17) is 9.84 Å². The van der Waals surface area contributed by atoms with Crippen molar-refractivity contribution in [1.29, 1.82) is 0 Å². The second-order valence-electron chi connectivity index (χ2n) is 4.98. The topological polar surface area (TPSA) is 62.7 Å². The summed E-state index contributed by atoms with van der Waals surface area (Å²) in [4.78, 5) is 16.8. The predicted octanol–water partition coefficient (Wildman–Crippen LogP) is 2.70. The lowest BCUT2D eigenvalue weighted by Crippen LogP contribution is -2.35. The Hall–Kier alpha value is -2.56. The molecule has 0 atom stereocenters. The van der Waals surface area contributed by atoms with Crippen LogP contribution in [0.25, 0.3) is 0 Å². The highest BCUT2D eigenvalue weighted by Crippen LogP contribution is 2.21. The van der Waals surface area contributed by atoms with E-state index < -0.39 is 6.09 Å². The van der Waals surface area contributed by atoms with Crippen LogP contribution in [0.3, 0.4) is 0 Å². The number of carboxylic acid groups (broad SMARTS) is 1. The maximum atomic E-state index is 11.0. The van der Waals surface area contributed by atoms with Gasteiger partial charge in [-0.2, -0.15) is 0 Å². The maximum absolute atomic E-state index is 11.0. The van der Waals surface area contributed by atoms with Gasteiger partial charge in [0.25, 0.3) is 0 Å². The number of ether oxygens (including phenoxy) is 1. The van der Waals surface area contributed by atoms with Crippen LogP contribution in [0.5, 0.6) is 5.88 Å². The van der Waals surface area contributed by atoms with Crippen molar-refractivity contribution in [3.63, 3.8) is 0 Å². The molecule has 21 heavy (non-hydrogen) atoms. The lowest BCUT2D eigenvalue weighted by Gasteiger charge is -2.25. The Morgan fingerprint density at radius 3 is 2.81 bits per heavy atom. The van der Waals surface area contributed by atoms with Crippen LogP contribution in [0.1, 0.15) is 16.8 Å². The lowest BCUT2D eigenvalue weighted by molar-refractivity contribution is 0.139. The molecule has 5 nitrogen and oxygen atoms in total. The monoisotopic (exact) mass is 284 g/mol. The van der Waals surface area contributed by atoms with Crippen LogP contribution in [-0.4, -0.2) is 27.6 Å². The molecule has 2 heterocycles. The molecular weight excluding hydrogens is 268 g/mol. The van der Waals surface area contributed by atoms with Crippen LogP contribution in [0.2, 0.25) is 0 Å². The van der Waals surface area contributed by atoms with Gasteiger partial charge in [0, 0.05) is 19.0 Å². The van der Waals surface area contributed by atoms with Crippen LogP contribution >= 0.6 is 0 Å². The Morgan fingerprint density at radius 2 is 2.05 bits per heavy atom. The number of aromatic nitrogens is 1. The van der Waals surface area contributed by atoms with Gasteiger partial charge in [-0.05, 0) is 11.1 Å². The second kappa shape index (κ2) is 5.83. The fraction of sp³-hybridized carbons (Fsp3) is 0.250. The van der Waals surface area contributed by atoms with E-state index in [1.807, 2.05) is 36.4 Å². The molecule has 0 saturated heterocycles. The van der Waals surface area contributed by atoms with E-state index in [9.17, 15) is 4.79 Å². The third-order valence-electron chi connectivity index (χ3n) is 3.52. The summed E-state index contributed by atoms with van der Waals surface area (Å²) in [7, 11) is 0. The van der Waals surface area contributed by atoms with Crippen molar-refractivity contribution in [3.8, 4) is 5.88 Å². The van der Waals surface area contributed by atoms with Crippen molar-refractivity contribution >= 4 is 6.09 Å². The van der Waals surface area contributed by atoms with Crippen LogP contribution in [0.15, 0.2) is 42.5 Å². The number of benzene rings is 1. The number of hydrogen-bond acceptors (Lipinski definition) is 3. The van der Waals surface area contributed by atoms with Gasteiger partial charge in [-0.3, -0.25) is 0 Å². The highest BCUT2D eigenvalue weighted by molar-refractivity contribution is 5.65. The first-order valence-electron chi connectivity index (χ1n) is 6.86. The van der Waals surface area contributed by atoms with Crippen molar-refractivity contribution in [1.82, 2.24) is 9.88 Å². The van der Waals surface area contributed by atoms with E-state index in [1.54, 1.807) is 6.07 Å². The molecule has 0 unspecified atom stereocenters. The van der Waals surface area contributed by atoms with Gasteiger partial charge in [0.05, 0.1) is 12.2 Å². The van der Waals surface area contributed by atoms with E-state index in [0.717, 1.165) is 16.8 Å². The van der Waals surface area contributed by atoms with Crippen LogP contribution in [0.4, 0.5) is 4.79 Å². The largest absolute Gasteiger partial charge is 0.473 e. The molecule has 1 aromatic carbocycles. The van der Waals surface area contributed by atoms with E-state index in [2.05, 4.69) is 4.98 Å². The predicted molar refractivity (Wildman–Crippen MR) is 77.1 cm³/mol. The smallest absolute Gasteiger partial charge is 0.407 e. The fourth-order valence-electron chi connectivity index (χ4n) is 2.37. The van der Waals surface area contributed by atoms with Gasteiger partial charge in [-0.1, -0.05) is 36.4 Å². The van der Waals surface area contributed by atoms with Gasteiger partial charge in [0.15, 0.2) is 0 Å². The normalized spacial score (nSPS) is 13.6. The van der Waals surface area contributed by atoms with Crippen molar-refractivity contribution in [3.05, 3.63) is 59.3 Å². The molecule has 0 radical (unpaired) electrons. The Morgan fingerprint density at radius 1 is 1.24 bits per heavy atom. The Labute approximate surface area is 122 Å². The molecule has 108 valence electrons. The minimum atomic E-state index is -0.884. The van der Waals surface area contributed by atoms with Crippen LogP contribution in [-0.2, 0) is 19.6 Å². The number of carbonyl (C=O) groups is 1. The van der Waals surface area contributed by atoms with Crippen LogP contribution in [0, 0.1) is 0 Å². The first-order valence-corrected chi connectivity index (χ1v) is 6.86. The zero-order valence-electron chi connectivity index (χ0n) is 11.5. The van der Waals surface area contributed by atoms with Gasteiger partial charge in [0.1, 0.15) is 6.61 Å². The molecule has 0 saturated carbocycles. The van der Waals surface area contributed by atoms with Crippen molar-refractivity contribution in [2.24, 2.45) is 0 Å². The molecule has 5 heteroatoms. The molecule has 1 amide bonds. The molecule has 1 aliphatic rings. The molecular formula is C16H16N2O3. The molecule has 3 rings (SSSR count). The Bertz CT molecular complexity index is 643. The van der Waals surface area contributed by atoms with Crippen molar-refractivity contribution in [2.75, 3.05) is 6.54 Å². The number of hydrogen-bond donors (Lipinski definition) is 1. The zero-order chi connectivity index (χ0) is 14.7. The summed E-state index contributed by atoms with van der Waals surface area (Å²) in [5.74, 6) is 0.585. The number of fused-ring (bicyclic) bond motifs is 1. The van der Waals surface area contributed by atoms with E-state index in [1.165, 1.54) is 4.90 Å². The number of amides is 1. The average molecular weight is 284 g/mol. The summed E-state index contributed by atoms with van der Waals surface area (Å²) in [5, 5.41) is 9.01. The third-order valence-corrected chi connectivity index (χ3v) is 3.52. The summed E-state index contributed by atoms with van der Waals surface area (Å²) in [6, 6.07) is 13.6. The maximum Gasteiger partial charge on any atom is 0.407 e. The van der Waals surface area contributed by atoms with E-state index in [0.29, 0.717) is 32.0 Å². The van der Waals surface area contributed by atoms with Gasteiger partial charge in [-0.25, -0.2) is 9.78 Å². The van der Waals surface area contributed by atoms with Gasteiger partial charge in [-0.15, -0.1) is 0 Å². The minimum Gasteiger partial charge on any atom is -0.473 e. The standard InChI is InChI=1S/C16H16N2O3/c19-16(20)18-9-8-14-13(10-18)6-7-15(17-14)21-11-12-4-2-1-3-5-12/h1-7H,8-11H2,(H,19,20). The summed E-state index contributed by atoms with van der Waals surface area (Å²) in [5.41, 5.74) is 2.97. The first kappa shape index (κ1) is 13.4. The molecule has 0 bridgehead atoms. The van der Waals surface area contributed by atoms with E-state index >= 15 is 0 Å². The molecule has 1 aliphatic heterocycles. The number of rotatable bonds is 3. The first-order chi connectivity index (χ1) is 10.2. The summed E-state index contributed by atoms with van der Waals surface area (Å²) in [6.07, 6.45) is -0.255. The summed E-state index contributed by atoms with van der Waals surface area (Å²) >= 11 is 0. The van der Waals surface area contributed by atoms with Gasteiger partial charge < -0.3 is 14.7 Å². The lowest BCUT2D eigenvalue weighted by atomic mass is 10.1. The summed E-state index contributed by atoms with van der Waals surface area (Å²) < 4.78 is 5.69. The highest BCUT2D eigenvalue weighted by atomic mass is 16.5. The quantitative estimate of drug-likeness (QED) is 0.941. The molecule has 0 fully saturated rings. The van der Waals surface area contributed by atoms with Crippen molar-refractivity contribution in [2.45, 2.75) is 19.6 Å². The van der Waals surface area contributed by atoms with Gasteiger partial charge in [0.2, 0.25) is 5.88 Å². The van der Waals surface area contributed by atoms with Crippen LogP contribution < -0.4 is 4.74 Å². The fourth-order valence-corrected chi connectivity index (χ4v) is 2.37. The second-order valence-corrected chi connectivity index (χ2v) is 4.98. The Kier molecular flexibility index (Phi) is 3.73. The van der Waals surface area contributed by atoms with E-state index in [-0.39, 0.29) is 0 Å². The average Bonchev–Trinajstić information content (AvgIpc) is 2.53. The highest BCUT2D eigenvalue weighted by Gasteiger charge is 2.21. The number of nitrogens with zero attached hydrogens (tertiary/aromatic N) is 2. The SMILES string of the molecule is O=C(O)N1CCc2nc(OCc3ccccc3)ccc2C1. The molecule has 2 aromatic rings. The summed E-state index contributed by atoms with van der Waals surface area (Å²) in [6.45, 7) is 1.36. The number of pyridine rings is 1. The van der Waals surface area contributed by atoms with Gasteiger partial charge >= 0.3 is 6.09 Å². The van der Waals surface area contributed by atoms with Crippen molar-refractivity contribution < 1.29 is 14.6 Å². The molecule has 0 aliphatic carbocycles. The minimum absolute atomic E-state index is 0.399. The zero-order valence-corrected chi connectivity index (χ0v) is 11.5. The molecule has 1 aromatic heterocycles. The Balaban J connectivity index is 1.68. The molecule has 0 spiro atoms.